The molecule has 16 heavy (non-hydrogen) atoms. The second kappa shape index (κ2) is 4.36. The summed E-state index contributed by atoms with van der Waals surface area (Å²) in [5, 5.41) is 3.52. The van der Waals surface area contributed by atoms with Gasteiger partial charge in [-0.2, -0.15) is 0 Å². The van der Waals surface area contributed by atoms with E-state index in [2.05, 4.69) is 5.32 Å². The second-order valence-electron chi connectivity index (χ2n) is 6.08. The minimum absolute atomic E-state index is 0.0194. The van der Waals surface area contributed by atoms with E-state index in [1.54, 1.807) is 0 Å². The third kappa shape index (κ3) is 2.57. The number of piperidine rings is 1. The van der Waals surface area contributed by atoms with Crippen LogP contribution >= 0.6 is 0 Å². The zero-order valence-electron chi connectivity index (χ0n) is 10.6. The Balaban J connectivity index is 2.00. The summed E-state index contributed by atoms with van der Waals surface area (Å²) in [6, 6.07) is 0.561. The number of carbonyl (C=O) groups is 1. The predicted octanol–water partition coefficient (Wildman–Crippen LogP) is 2.11. The predicted molar refractivity (Wildman–Crippen MR) is 63.1 cm³/mol. The summed E-state index contributed by atoms with van der Waals surface area (Å²) in [4.78, 5) is 12.1. The summed E-state index contributed by atoms with van der Waals surface area (Å²) in [6.45, 7) is 6.79. The quantitative estimate of drug-likeness (QED) is 0.695. The van der Waals surface area contributed by atoms with E-state index in [0.29, 0.717) is 12.0 Å². The van der Waals surface area contributed by atoms with Crippen LogP contribution in [0.4, 0.5) is 0 Å². The van der Waals surface area contributed by atoms with E-state index in [1.807, 2.05) is 20.8 Å². The van der Waals surface area contributed by atoms with Crippen molar-refractivity contribution < 1.29 is 9.53 Å². The molecule has 1 saturated carbocycles. The largest absolute Gasteiger partial charge is 0.460 e. The number of hydrogen-bond acceptors (Lipinski definition) is 3. The van der Waals surface area contributed by atoms with Crippen LogP contribution in [-0.4, -0.2) is 24.2 Å². The van der Waals surface area contributed by atoms with Crippen LogP contribution in [0.25, 0.3) is 0 Å². The van der Waals surface area contributed by atoms with Gasteiger partial charge in [0.1, 0.15) is 5.60 Å². The highest BCUT2D eigenvalue weighted by atomic mass is 16.6. The Morgan fingerprint density at radius 3 is 2.69 bits per heavy atom. The molecule has 3 atom stereocenters. The first kappa shape index (κ1) is 11.9. The monoisotopic (exact) mass is 225 g/mol. The van der Waals surface area contributed by atoms with E-state index in [9.17, 15) is 4.79 Å². The van der Waals surface area contributed by atoms with Crippen molar-refractivity contribution in [3.05, 3.63) is 0 Å². The molecular formula is C13H23NO2. The highest BCUT2D eigenvalue weighted by Gasteiger charge is 2.41. The third-order valence-electron chi connectivity index (χ3n) is 3.66. The zero-order valence-corrected chi connectivity index (χ0v) is 10.6. The molecule has 0 aromatic carbocycles. The Kier molecular flexibility index (Phi) is 3.24. The normalized spacial score (nSPS) is 34.6. The van der Waals surface area contributed by atoms with Crippen LogP contribution in [0, 0.1) is 11.8 Å². The molecule has 0 aromatic rings. The molecule has 92 valence electrons. The van der Waals surface area contributed by atoms with Crippen LogP contribution in [0.2, 0.25) is 0 Å². The van der Waals surface area contributed by atoms with Crippen molar-refractivity contribution in [1.82, 2.24) is 5.32 Å². The van der Waals surface area contributed by atoms with Crippen LogP contribution in [-0.2, 0) is 9.53 Å². The number of rotatable bonds is 1. The molecule has 0 radical (unpaired) electrons. The Morgan fingerprint density at radius 2 is 2.00 bits per heavy atom. The van der Waals surface area contributed by atoms with E-state index in [4.69, 9.17) is 4.74 Å². The first-order valence-electron chi connectivity index (χ1n) is 6.43. The van der Waals surface area contributed by atoms with Crippen LogP contribution in [0.15, 0.2) is 0 Å². The summed E-state index contributed by atoms with van der Waals surface area (Å²) in [5.41, 5.74) is -0.351. The molecule has 1 unspecified atom stereocenters. The molecule has 0 spiro atoms. The number of carbonyl (C=O) groups excluding carboxylic acids is 1. The van der Waals surface area contributed by atoms with Gasteiger partial charge in [0, 0.05) is 6.04 Å². The molecule has 1 N–H and O–H groups in total. The summed E-state index contributed by atoms with van der Waals surface area (Å²) < 4.78 is 5.52. The summed E-state index contributed by atoms with van der Waals surface area (Å²) >= 11 is 0. The van der Waals surface area contributed by atoms with E-state index in [-0.39, 0.29) is 17.5 Å². The van der Waals surface area contributed by atoms with Gasteiger partial charge in [-0.05, 0) is 52.5 Å². The van der Waals surface area contributed by atoms with Crippen molar-refractivity contribution in [1.29, 1.82) is 0 Å². The van der Waals surface area contributed by atoms with Gasteiger partial charge in [0.05, 0.1) is 5.92 Å². The minimum Gasteiger partial charge on any atom is -0.460 e. The van der Waals surface area contributed by atoms with Gasteiger partial charge >= 0.3 is 5.97 Å². The SMILES string of the molecule is CC(C)(C)OC(=O)C1CCN[C@@H]2CCC[C@H]12. The molecule has 0 amide bonds. The average molecular weight is 225 g/mol. The van der Waals surface area contributed by atoms with Crippen molar-refractivity contribution in [3.63, 3.8) is 0 Å². The summed E-state index contributed by atoms with van der Waals surface area (Å²) in [7, 11) is 0. The lowest BCUT2D eigenvalue weighted by molar-refractivity contribution is -0.163. The highest BCUT2D eigenvalue weighted by Crippen LogP contribution is 2.37. The molecule has 3 heteroatoms. The van der Waals surface area contributed by atoms with Crippen molar-refractivity contribution in [2.75, 3.05) is 6.54 Å². The number of esters is 1. The topological polar surface area (TPSA) is 38.3 Å². The molecule has 0 bridgehead atoms. The molecule has 0 aromatic heterocycles. The van der Waals surface area contributed by atoms with Gasteiger partial charge in [-0.3, -0.25) is 4.79 Å². The highest BCUT2D eigenvalue weighted by molar-refractivity contribution is 5.73. The lowest BCUT2D eigenvalue weighted by atomic mass is 9.82. The maximum Gasteiger partial charge on any atom is 0.309 e. The van der Waals surface area contributed by atoms with Crippen molar-refractivity contribution in [2.45, 2.75) is 58.1 Å². The van der Waals surface area contributed by atoms with Crippen LogP contribution in [0.1, 0.15) is 46.5 Å². The molecule has 1 aliphatic carbocycles. The smallest absolute Gasteiger partial charge is 0.309 e. The van der Waals surface area contributed by atoms with Gasteiger partial charge in [0.2, 0.25) is 0 Å². The molecule has 3 nitrogen and oxygen atoms in total. The Hall–Kier alpha value is -0.570. The average Bonchev–Trinajstić information content (AvgIpc) is 2.61. The van der Waals surface area contributed by atoms with E-state index >= 15 is 0 Å². The van der Waals surface area contributed by atoms with Crippen molar-refractivity contribution in [3.8, 4) is 0 Å². The van der Waals surface area contributed by atoms with E-state index in [1.165, 1.54) is 19.3 Å². The molecule has 2 aliphatic rings. The molecule has 2 fully saturated rings. The number of nitrogens with one attached hydrogen (secondary N) is 1. The van der Waals surface area contributed by atoms with Crippen LogP contribution in [0.3, 0.4) is 0 Å². The first-order chi connectivity index (χ1) is 7.47. The number of ether oxygens (including phenoxy) is 1. The van der Waals surface area contributed by atoms with Crippen LogP contribution < -0.4 is 5.32 Å². The number of fused-ring (bicyclic) bond motifs is 1. The van der Waals surface area contributed by atoms with Gasteiger partial charge in [-0.1, -0.05) is 6.42 Å². The lowest BCUT2D eigenvalue weighted by Crippen LogP contribution is -2.46. The first-order valence-corrected chi connectivity index (χ1v) is 6.43. The fourth-order valence-electron chi connectivity index (χ4n) is 3.03. The Morgan fingerprint density at radius 1 is 1.25 bits per heavy atom. The van der Waals surface area contributed by atoms with Crippen molar-refractivity contribution >= 4 is 5.97 Å². The third-order valence-corrected chi connectivity index (χ3v) is 3.66. The van der Waals surface area contributed by atoms with Gasteiger partial charge in [0.25, 0.3) is 0 Å². The van der Waals surface area contributed by atoms with Gasteiger partial charge in [-0.25, -0.2) is 0 Å². The van der Waals surface area contributed by atoms with Gasteiger partial charge < -0.3 is 10.1 Å². The Labute approximate surface area is 97.9 Å². The van der Waals surface area contributed by atoms with E-state index in [0.717, 1.165) is 13.0 Å². The number of hydrogen-bond donors (Lipinski definition) is 1. The molecule has 1 aliphatic heterocycles. The standard InChI is InChI=1S/C13H23NO2/c1-13(2,3)16-12(15)10-7-8-14-11-6-4-5-9(10)11/h9-11,14H,4-8H2,1-3H3/t9-,10?,11-/m1/s1. The zero-order chi connectivity index (χ0) is 11.8. The van der Waals surface area contributed by atoms with Gasteiger partial charge in [-0.15, -0.1) is 0 Å². The van der Waals surface area contributed by atoms with E-state index < -0.39 is 0 Å². The maximum absolute atomic E-state index is 12.1. The maximum atomic E-state index is 12.1. The van der Waals surface area contributed by atoms with Crippen LogP contribution in [0.5, 0.6) is 0 Å². The molecule has 1 heterocycles. The fraction of sp³-hybridized carbons (Fsp3) is 0.923. The Bertz CT molecular complexity index is 270. The fourth-order valence-corrected chi connectivity index (χ4v) is 3.03. The summed E-state index contributed by atoms with van der Waals surface area (Å²) in [5.74, 6) is 0.669. The minimum atomic E-state index is -0.351. The summed E-state index contributed by atoms with van der Waals surface area (Å²) in [6.07, 6.45) is 4.60. The molecule has 2 rings (SSSR count). The van der Waals surface area contributed by atoms with Crippen molar-refractivity contribution in [2.24, 2.45) is 11.8 Å². The molecular weight excluding hydrogens is 202 g/mol. The second-order valence-corrected chi connectivity index (χ2v) is 6.08. The lowest BCUT2D eigenvalue weighted by Gasteiger charge is -2.34. The van der Waals surface area contributed by atoms with Gasteiger partial charge in [0.15, 0.2) is 0 Å². The molecule has 1 saturated heterocycles.